The summed E-state index contributed by atoms with van der Waals surface area (Å²) in [6, 6.07) is 0. The largest absolute Gasteiger partial charge is 0.378 e. The van der Waals surface area contributed by atoms with Gasteiger partial charge >= 0.3 is 0 Å². The van der Waals surface area contributed by atoms with Crippen LogP contribution in [-0.4, -0.2) is 27.3 Å². The molecular weight excluding hydrogens is 294 g/mol. The molecule has 0 atom stereocenters. The third-order valence-electron chi connectivity index (χ3n) is 4.48. The highest BCUT2D eigenvalue weighted by Crippen LogP contribution is 2.47. The van der Waals surface area contributed by atoms with Crippen LogP contribution in [0.4, 0.5) is 5.69 Å². The third kappa shape index (κ3) is 2.84. The highest BCUT2D eigenvalue weighted by molar-refractivity contribution is 8.00. The zero-order valence-electron chi connectivity index (χ0n) is 11.7. The smallest absolute Gasteiger partial charge is 0.291 e. The Morgan fingerprint density at radius 2 is 2.30 bits per heavy atom. The summed E-state index contributed by atoms with van der Waals surface area (Å²) >= 11 is 8.00. The number of thioether (sulfide) groups is 1. The number of hydrogen-bond donors (Lipinski definition) is 1. The molecule has 3 rings (SSSR count). The number of aromatic nitrogens is 2. The minimum atomic E-state index is -0.0821. The number of nitrogens with zero attached hydrogens (tertiary/aromatic N) is 2. The van der Waals surface area contributed by atoms with Gasteiger partial charge in [-0.25, -0.2) is 4.68 Å². The molecule has 1 aromatic heterocycles. The molecule has 0 unspecified atom stereocenters. The molecular formula is C14H20ClN3OS. The van der Waals surface area contributed by atoms with Crippen LogP contribution in [-0.2, 0) is 6.54 Å². The molecule has 0 aromatic carbocycles. The second-order valence-corrected chi connectivity index (χ2v) is 7.57. The molecule has 1 heterocycles. The Morgan fingerprint density at radius 3 is 2.85 bits per heavy atom. The van der Waals surface area contributed by atoms with E-state index in [9.17, 15) is 4.79 Å². The van der Waals surface area contributed by atoms with Gasteiger partial charge in [0.1, 0.15) is 5.69 Å². The van der Waals surface area contributed by atoms with Crippen LogP contribution in [0.2, 0.25) is 5.02 Å². The monoisotopic (exact) mass is 313 g/mol. The van der Waals surface area contributed by atoms with Gasteiger partial charge in [0.25, 0.3) is 5.56 Å². The molecule has 1 N–H and O–H groups in total. The van der Waals surface area contributed by atoms with E-state index in [1.54, 1.807) is 10.9 Å². The summed E-state index contributed by atoms with van der Waals surface area (Å²) in [6.07, 6.45) is 9.80. The minimum Gasteiger partial charge on any atom is -0.378 e. The summed E-state index contributed by atoms with van der Waals surface area (Å²) < 4.78 is 1.87. The Balaban J connectivity index is 1.74. The van der Waals surface area contributed by atoms with Gasteiger partial charge in [-0.1, -0.05) is 18.0 Å². The van der Waals surface area contributed by atoms with E-state index >= 15 is 0 Å². The average Bonchev–Trinajstić information content (AvgIpc) is 3.16. The topological polar surface area (TPSA) is 46.9 Å². The normalized spacial score (nSPS) is 20.5. The van der Waals surface area contributed by atoms with Crippen molar-refractivity contribution >= 4 is 29.1 Å². The first-order valence-electron chi connectivity index (χ1n) is 7.18. The summed E-state index contributed by atoms with van der Waals surface area (Å²) in [5.41, 5.74) is 0.433. The molecule has 4 nitrogen and oxygen atoms in total. The van der Waals surface area contributed by atoms with Crippen LogP contribution in [0.1, 0.15) is 32.1 Å². The average molecular weight is 314 g/mol. The van der Waals surface area contributed by atoms with Gasteiger partial charge in [0.2, 0.25) is 0 Å². The zero-order chi connectivity index (χ0) is 14.2. The van der Waals surface area contributed by atoms with Crippen LogP contribution >= 0.6 is 23.4 Å². The van der Waals surface area contributed by atoms with Crippen molar-refractivity contribution < 1.29 is 0 Å². The third-order valence-corrected chi connectivity index (χ3v) is 6.19. The van der Waals surface area contributed by atoms with Crippen molar-refractivity contribution in [1.82, 2.24) is 9.78 Å². The van der Waals surface area contributed by atoms with Gasteiger partial charge in [-0.2, -0.15) is 16.9 Å². The maximum Gasteiger partial charge on any atom is 0.291 e. The number of nitrogens with one attached hydrogen (secondary N) is 1. The second-order valence-electron chi connectivity index (χ2n) is 5.89. The number of rotatable bonds is 6. The summed E-state index contributed by atoms with van der Waals surface area (Å²) in [7, 11) is 0. The molecule has 20 heavy (non-hydrogen) atoms. The first-order chi connectivity index (χ1) is 9.63. The zero-order valence-corrected chi connectivity index (χ0v) is 13.3. The fraction of sp³-hybridized carbons (Fsp3) is 0.714. The highest BCUT2D eigenvalue weighted by Gasteiger charge is 2.41. The highest BCUT2D eigenvalue weighted by atomic mass is 35.5. The molecule has 2 saturated carbocycles. The summed E-state index contributed by atoms with van der Waals surface area (Å²) in [6.45, 7) is 1.52. The van der Waals surface area contributed by atoms with Gasteiger partial charge in [0.05, 0.1) is 11.2 Å². The Kier molecular flexibility index (Phi) is 4.00. The van der Waals surface area contributed by atoms with Gasteiger partial charge in [0, 0.05) is 17.8 Å². The standard InChI is InChI=1S/C14H20ClN3OS/c1-20-14(5-6-14)9-16-12-11(15)7-17-18(13(12)19)8-10-3-2-4-10/h7,10,16H,2-6,8-9H2,1H3. The van der Waals surface area contributed by atoms with Crippen molar-refractivity contribution in [3.8, 4) is 0 Å². The molecule has 0 spiro atoms. The van der Waals surface area contributed by atoms with E-state index in [1.807, 2.05) is 11.8 Å². The van der Waals surface area contributed by atoms with E-state index < -0.39 is 0 Å². The van der Waals surface area contributed by atoms with Crippen LogP contribution in [0.5, 0.6) is 0 Å². The van der Waals surface area contributed by atoms with Gasteiger partial charge in [-0.05, 0) is 37.9 Å². The van der Waals surface area contributed by atoms with Gasteiger partial charge < -0.3 is 5.32 Å². The first-order valence-corrected chi connectivity index (χ1v) is 8.78. The van der Waals surface area contributed by atoms with Crippen LogP contribution in [0, 0.1) is 5.92 Å². The van der Waals surface area contributed by atoms with Gasteiger partial charge in [-0.3, -0.25) is 4.79 Å². The maximum atomic E-state index is 12.4. The summed E-state index contributed by atoms with van der Waals surface area (Å²) in [5.74, 6) is 0.607. The number of halogens is 1. The lowest BCUT2D eigenvalue weighted by molar-refractivity contribution is 0.262. The predicted octanol–water partition coefficient (Wildman–Crippen LogP) is 3.00. The Bertz CT molecular complexity index is 552. The Labute approximate surface area is 128 Å². The van der Waals surface area contributed by atoms with Gasteiger partial charge in [0.15, 0.2) is 0 Å². The Morgan fingerprint density at radius 1 is 1.55 bits per heavy atom. The van der Waals surface area contributed by atoms with Crippen molar-refractivity contribution in [2.75, 3.05) is 18.1 Å². The molecule has 6 heteroatoms. The van der Waals surface area contributed by atoms with Crippen LogP contribution in [0.15, 0.2) is 11.0 Å². The molecule has 0 bridgehead atoms. The lowest BCUT2D eigenvalue weighted by Crippen LogP contribution is -2.32. The fourth-order valence-corrected chi connectivity index (χ4v) is 3.44. The van der Waals surface area contributed by atoms with Crippen LogP contribution in [0.3, 0.4) is 0 Å². The SMILES string of the molecule is CSC1(CNc2c(Cl)cnn(CC3CCC3)c2=O)CC1. The van der Waals surface area contributed by atoms with Crippen molar-refractivity contribution in [3.63, 3.8) is 0 Å². The maximum absolute atomic E-state index is 12.4. The predicted molar refractivity (Wildman–Crippen MR) is 84.8 cm³/mol. The van der Waals surface area contributed by atoms with Crippen LogP contribution in [0.25, 0.3) is 0 Å². The van der Waals surface area contributed by atoms with E-state index in [4.69, 9.17) is 11.6 Å². The number of anilines is 1. The van der Waals surface area contributed by atoms with Crippen molar-refractivity contribution in [3.05, 3.63) is 21.6 Å². The van der Waals surface area contributed by atoms with Crippen molar-refractivity contribution in [1.29, 1.82) is 0 Å². The summed E-state index contributed by atoms with van der Waals surface area (Å²) in [4.78, 5) is 12.4. The number of hydrogen-bond acceptors (Lipinski definition) is 4. The van der Waals surface area contributed by atoms with E-state index in [0.717, 1.165) is 13.1 Å². The fourth-order valence-electron chi connectivity index (χ4n) is 2.52. The van der Waals surface area contributed by atoms with E-state index in [0.29, 0.717) is 21.4 Å². The van der Waals surface area contributed by atoms with Gasteiger partial charge in [-0.15, -0.1) is 0 Å². The Hall–Kier alpha value is -0.680. The second kappa shape index (κ2) is 5.60. The molecule has 0 saturated heterocycles. The molecule has 1 aromatic rings. The molecule has 0 radical (unpaired) electrons. The van der Waals surface area contributed by atoms with Crippen molar-refractivity contribution in [2.45, 2.75) is 43.4 Å². The quantitative estimate of drug-likeness (QED) is 0.877. The van der Waals surface area contributed by atoms with E-state index in [1.165, 1.54) is 32.1 Å². The van der Waals surface area contributed by atoms with E-state index in [-0.39, 0.29) is 5.56 Å². The molecule has 2 aliphatic carbocycles. The molecule has 2 fully saturated rings. The lowest BCUT2D eigenvalue weighted by atomic mass is 9.85. The summed E-state index contributed by atoms with van der Waals surface area (Å²) in [5, 5.41) is 7.85. The molecule has 110 valence electrons. The minimum absolute atomic E-state index is 0.0821. The van der Waals surface area contributed by atoms with E-state index in [2.05, 4.69) is 16.7 Å². The van der Waals surface area contributed by atoms with Crippen LogP contribution < -0.4 is 10.9 Å². The van der Waals surface area contributed by atoms with Crippen molar-refractivity contribution in [2.24, 2.45) is 5.92 Å². The molecule has 0 aliphatic heterocycles. The molecule has 2 aliphatic rings. The first kappa shape index (κ1) is 14.3. The molecule has 0 amide bonds. The lowest BCUT2D eigenvalue weighted by Gasteiger charge is -2.25.